The Bertz CT molecular complexity index is 594. The second-order valence-corrected chi connectivity index (χ2v) is 6.03. The lowest BCUT2D eigenvalue weighted by Gasteiger charge is -2.14. The van der Waals surface area contributed by atoms with Crippen molar-refractivity contribution in [3.05, 3.63) is 63.6 Å². The Morgan fingerprint density at radius 1 is 1.05 bits per heavy atom. The molecule has 0 spiro atoms. The average Bonchev–Trinajstić information content (AvgIpc) is 2.43. The minimum atomic E-state index is -0.630. The van der Waals surface area contributed by atoms with Crippen molar-refractivity contribution >= 4 is 23.2 Å². The van der Waals surface area contributed by atoms with Crippen LogP contribution in [0.15, 0.2) is 42.5 Å². The smallest absolute Gasteiger partial charge is 0.119 e. The highest BCUT2D eigenvalue weighted by atomic mass is 35.5. The summed E-state index contributed by atoms with van der Waals surface area (Å²) in [6.45, 7) is 3.95. The van der Waals surface area contributed by atoms with Crippen LogP contribution in [0.25, 0.3) is 0 Å². The molecule has 0 aliphatic rings. The third-order valence-corrected chi connectivity index (χ3v) is 3.66. The van der Waals surface area contributed by atoms with E-state index in [4.69, 9.17) is 27.9 Å². The molecule has 1 atom stereocenters. The van der Waals surface area contributed by atoms with Crippen LogP contribution in [0.3, 0.4) is 0 Å². The summed E-state index contributed by atoms with van der Waals surface area (Å²) in [5.74, 6) is 0.793. The van der Waals surface area contributed by atoms with Gasteiger partial charge in [0.25, 0.3) is 0 Å². The van der Waals surface area contributed by atoms with Crippen LogP contribution in [-0.2, 0) is 6.42 Å². The van der Waals surface area contributed by atoms with Crippen LogP contribution in [0.5, 0.6) is 5.75 Å². The molecule has 0 bridgehead atoms. The van der Waals surface area contributed by atoms with Crippen molar-refractivity contribution in [3.63, 3.8) is 0 Å². The molecule has 2 rings (SSSR count). The zero-order chi connectivity index (χ0) is 15.4. The number of hydrogen-bond donors (Lipinski definition) is 1. The molecule has 0 heterocycles. The lowest BCUT2D eigenvalue weighted by Crippen LogP contribution is -2.06. The summed E-state index contributed by atoms with van der Waals surface area (Å²) >= 11 is 12.1. The van der Waals surface area contributed by atoms with Gasteiger partial charge in [-0.1, -0.05) is 35.3 Å². The van der Waals surface area contributed by atoms with Crippen LogP contribution >= 0.6 is 23.2 Å². The molecule has 2 nitrogen and oxygen atoms in total. The number of aliphatic hydroxyl groups excluding tert-OH is 1. The van der Waals surface area contributed by atoms with E-state index in [1.54, 1.807) is 18.2 Å². The summed E-state index contributed by atoms with van der Waals surface area (Å²) in [6.07, 6.45) is -0.0795. The van der Waals surface area contributed by atoms with E-state index in [1.807, 2.05) is 38.1 Å². The summed E-state index contributed by atoms with van der Waals surface area (Å²) in [6, 6.07) is 12.7. The van der Waals surface area contributed by atoms with Crippen molar-refractivity contribution in [2.24, 2.45) is 0 Å². The summed E-state index contributed by atoms with van der Waals surface area (Å²) < 4.78 is 5.58. The third kappa shape index (κ3) is 4.63. The molecule has 2 aromatic rings. The number of aliphatic hydroxyl groups is 1. The predicted octanol–water partition coefficient (Wildman–Crippen LogP) is 5.06. The molecule has 0 saturated heterocycles. The van der Waals surface area contributed by atoms with Crippen LogP contribution in [0.2, 0.25) is 10.0 Å². The summed E-state index contributed by atoms with van der Waals surface area (Å²) in [5, 5.41) is 11.5. The molecular formula is C17H18Cl2O2. The normalized spacial score (nSPS) is 12.5. The van der Waals surface area contributed by atoms with Crippen LogP contribution in [0.4, 0.5) is 0 Å². The summed E-state index contributed by atoms with van der Waals surface area (Å²) in [4.78, 5) is 0. The van der Waals surface area contributed by atoms with Crippen LogP contribution in [-0.4, -0.2) is 11.2 Å². The quantitative estimate of drug-likeness (QED) is 0.833. The second-order valence-electron chi connectivity index (χ2n) is 5.19. The van der Waals surface area contributed by atoms with Gasteiger partial charge in [-0.05, 0) is 55.3 Å². The fourth-order valence-corrected chi connectivity index (χ4v) is 2.46. The van der Waals surface area contributed by atoms with Gasteiger partial charge in [-0.25, -0.2) is 0 Å². The van der Waals surface area contributed by atoms with Gasteiger partial charge in [0.05, 0.1) is 12.2 Å². The Morgan fingerprint density at radius 3 is 2.33 bits per heavy atom. The zero-order valence-corrected chi connectivity index (χ0v) is 13.5. The molecule has 21 heavy (non-hydrogen) atoms. The van der Waals surface area contributed by atoms with Gasteiger partial charge in [0.2, 0.25) is 0 Å². The monoisotopic (exact) mass is 324 g/mol. The summed E-state index contributed by atoms with van der Waals surface area (Å²) in [5.41, 5.74) is 1.65. The number of benzene rings is 2. The SMILES string of the molecule is CC(C)Oc1ccc(C(O)Cc2cc(Cl)ccc2Cl)cc1. The van der Waals surface area contributed by atoms with Gasteiger partial charge >= 0.3 is 0 Å². The first-order chi connectivity index (χ1) is 9.95. The highest BCUT2D eigenvalue weighted by Gasteiger charge is 2.12. The average molecular weight is 325 g/mol. The Labute approximate surface area is 135 Å². The first kappa shape index (κ1) is 16.2. The van der Waals surface area contributed by atoms with Gasteiger partial charge in [-0.15, -0.1) is 0 Å². The van der Waals surface area contributed by atoms with Crippen LogP contribution < -0.4 is 4.74 Å². The topological polar surface area (TPSA) is 29.5 Å². The molecule has 0 saturated carbocycles. The fourth-order valence-electron chi connectivity index (χ4n) is 2.07. The van der Waals surface area contributed by atoms with E-state index in [-0.39, 0.29) is 6.10 Å². The van der Waals surface area contributed by atoms with Crippen molar-refractivity contribution in [2.45, 2.75) is 32.5 Å². The molecule has 0 aliphatic carbocycles. The molecule has 0 aliphatic heterocycles. The Kier molecular flexibility index (Phi) is 5.51. The first-order valence-electron chi connectivity index (χ1n) is 6.84. The lowest BCUT2D eigenvalue weighted by atomic mass is 10.0. The molecule has 112 valence electrons. The molecule has 2 aromatic carbocycles. The predicted molar refractivity (Wildman–Crippen MR) is 87.3 cm³/mol. The van der Waals surface area contributed by atoms with Crippen molar-refractivity contribution in [3.8, 4) is 5.75 Å². The van der Waals surface area contributed by atoms with Gasteiger partial charge in [-0.2, -0.15) is 0 Å². The second kappa shape index (κ2) is 7.17. The van der Waals surface area contributed by atoms with Gasteiger partial charge < -0.3 is 9.84 Å². The third-order valence-electron chi connectivity index (χ3n) is 3.06. The Balaban J connectivity index is 2.09. The van der Waals surface area contributed by atoms with E-state index >= 15 is 0 Å². The fraction of sp³-hybridized carbons (Fsp3) is 0.294. The highest BCUT2D eigenvalue weighted by Crippen LogP contribution is 2.27. The van der Waals surface area contributed by atoms with Gasteiger partial charge in [0.15, 0.2) is 0 Å². The Morgan fingerprint density at radius 2 is 1.71 bits per heavy atom. The van der Waals surface area contributed by atoms with Gasteiger partial charge in [0, 0.05) is 16.5 Å². The largest absolute Gasteiger partial charge is 0.491 e. The highest BCUT2D eigenvalue weighted by molar-refractivity contribution is 6.33. The van der Waals surface area contributed by atoms with Gasteiger partial charge in [0.1, 0.15) is 5.75 Å². The Hall–Kier alpha value is -1.22. The zero-order valence-electron chi connectivity index (χ0n) is 12.0. The summed E-state index contributed by atoms with van der Waals surface area (Å²) in [7, 11) is 0. The number of hydrogen-bond acceptors (Lipinski definition) is 2. The van der Waals surface area contributed by atoms with Crippen molar-refractivity contribution in [2.75, 3.05) is 0 Å². The van der Waals surface area contributed by atoms with E-state index in [9.17, 15) is 5.11 Å². The lowest BCUT2D eigenvalue weighted by molar-refractivity contribution is 0.178. The van der Waals surface area contributed by atoms with Crippen LogP contribution in [0.1, 0.15) is 31.1 Å². The van der Waals surface area contributed by atoms with E-state index in [0.29, 0.717) is 16.5 Å². The first-order valence-corrected chi connectivity index (χ1v) is 7.60. The minimum absolute atomic E-state index is 0.131. The van der Waals surface area contributed by atoms with E-state index in [2.05, 4.69) is 0 Å². The van der Waals surface area contributed by atoms with Crippen molar-refractivity contribution in [1.82, 2.24) is 0 Å². The number of rotatable bonds is 5. The van der Waals surface area contributed by atoms with Gasteiger partial charge in [-0.3, -0.25) is 0 Å². The molecular weight excluding hydrogens is 307 g/mol. The maximum atomic E-state index is 10.3. The molecule has 0 aromatic heterocycles. The molecule has 0 fully saturated rings. The molecule has 1 unspecified atom stereocenters. The maximum Gasteiger partial charge on any atom is 0.119 e. The van der Waals surface area contributed by atoms with E-state index in [0.717, 1.165) is 16.9 Å². The minimum Gasteiger partial charge on any atom is -0.491 e. The molecule has 0 amide bonds. The van der Waals surface area contributed by atoms with E-state index < -0.39 is 6.10 Å². The number of halogens is 2. The van der Waals surface area contributed by atoms with Crippen molar-refractivity contribution in [1.29, 1.82) is 0 Å². The molecule has 1 N–H and O–H groups in total. The molecule has 0 radical (unpaired) electrons. The van der Waals surface area contributed by atoms with Crippen LogP contribution in [0, 0.1) is 0 Å². The maximum absolute atomic E-state index is 10.3. The number of ether oxygens (including phenoxy) is 1. The van der Waals surface area contributed by atoms with Crippen molar-refractivity contribution < 1.29 is 9.84 Å². The standard InChI is InChI=1S/C17H18Cl2O2/c1-11(2)21-15-6-3-12(4-7-15)17(20)10-13-9-14(18)5-8-16(13)19/h3-9,11,17,20H,10H2,1-2H3. The molecule has 4 heteroatoms. The van der Waals surface area contributed by atoms with E-state index in [1.165, 1.54) is 0 Å².